The summed E-state index contributed by atoms with van der Waals surface area (Å²) in [6, 6.07) is 0. The molecule has 0 aliphatic rings. The molecule has 0 unspecified atom stereocenters. The highest BCUT2D eigenvalue weighted by Gasteiger charge is 1.96. The fourth-order valence-corrected chi connectivity index (χ4v) is 2.11. The first-order chi connectivity index (χ1) is 12.5. The fraction of sp³-hybridized carbons (Fsp3) is 0.762. The van der Waals surface area contributed by atoms with Crippen LogP contribution in [0.15, 0.2) is 12.7 Å². The Morgan fingerprint density at radius 1 is 0.692 bits per heavy atom. The average molecular weight is 373 g/mol. The van der Waals surface area contributed by atoms with Gasteiger partial charge in [-0.05, 0) is 18.9 Å². The van der Waals surface area contributed by atoms with E-state index in [4.69, 9.17) is 15.0 Å². The quantitative estimate of drug-likeness (QED) is 0.208. The molecule has 0 fully saturated rings. The number of carbonyl (C=O) groups is 3. The van der Waals surface area contributed by atoms with Crippen LogP contribution in [-0.4, -0.2) is 28.4 Å². The van der Waals surface area contributed by atoms with Crippen molar-refractivity contribution in [1.29, 1.82) is 0 Å². The Balaban J connectivity index is -0.000000338. The lowest BCUT2D eigenvalue weighted by Crippen LogP contribution is -1.93. The lowest BCUT2D eigenvalue weighted by atomic mass is 10.1. The zero-order valence-electron chi connectivity index (χ0n) is 16.9. The Bertz CT molecular complexity index is 294. The molecule has 0 rings (SSSR count). The normalized spacial score (nSPS) is 9.15. The van der Waals surface area contributed by atoms with E-state index in [9.17, 15) is 9.59 Å². The highest BCUT2D eigenvalue weighted by Crippen LogP contribution is 2.07. The molecule has 0 saturated heterocycles. The molecular weight excluding hydrogens is 332 g/mol. The van der Waals surface area contributed by atoms with Crippen LogP contribution in [0, 0.1) is 0 Å². The third-order valence-corrected chi connectivity index (χ3v) is 3.58. The average Bonchev–Trinajstić information content (AvgIpc) is 2.61. The zero-order chi connectivity index (χ0) is 20.5. The maximum absolute atomic E-state index is 10.1. The Morgan fingerprint density at radius 3 is 1.19 bits per heavy atom. The van der Waals surface area contributed by atoms with Gasteiger partial charge in [-0.25, -0.2) is 0 Å². The van der Waals surface area contributed by atoms with Crippen LogP contribution < -0.4 is 0 Å². The summed E-state index contributed by atoms with van der Waals surface area (Å²) >= 11 is 0. The van der Waals surface area contributed by atoms with Crippen LogP contribution >= 0.6 is 0 Å². The molecule has 154 valence electrons. The summed E-state index contributed by atoms with van der Waals surface area (Å²) in [5.74, 6) is -1.33. The van der Waals surface area contributed by atoms with Crippen LogP contribution in [0.5, 0.6) is 0 Å². The van der Waals surface area contributed by atoms with Crippen molar-refractivity contribution < 1.29 is 24.6 Å². The molecule has 5 heteroatoms. The van der Waals surface area contributed by atoms with Crippen molar-refractivity contribution in [2.45, 2.75) is 104 Å². The molecule has 0 aromatic carbocycles. The summed E-state index contributed by atoms with van der Waals surface area (Å²) in [5.41, 5.74) is 0. The second-order valence-electron chi connectivity index (χ2n) is 6.19. The highest BCUT2D eigenvalue weighted by atomic mass is 16.4. The van der Waals surface area contributed by atoms with Gasteiger partial charge in [0.05, 0.1) is 0 Å². The smallest absolute Gasteiger partial charge is 0.303 e. The molecule has 0 atom stereocenters. The molecule has 26 heavy (non-hydrogen) atoms. The molecule has 0 aliphatic heterocycles. The van der Waals surface area contributed by atoms with Gasteiger partial charge in [-0.15, -0.1) is 0 Å². The summed E-state index contributed by atoms with van der Waals surface area (Å²) in [7, 11) is 0. The number of hydrogen-bond acceptors (Lipinski definition) is 3. The Morgan fingerprint density at radius 2 is 0.962 bits per heavy atom. The van der Waals surface area contributed by atoms with Gasteiger partial charge in [0.15, 0.2) is 0 Å². The maximum atomic E-state index is 10.1. The summed E-state index contributed by atoms with van der Waals surface area (Å²) in [5, 5.41) is 16.6. The zero-order valence-corrected chi connectivity index (χ0v) is 16.9. The van der Waals surface area contributed by atoms with Crippen LogP contribution in [0.4, 0.5) is 0 Å². The van der Waals surface area contributed by atoms with Gasteiger partial charge in [0.1, 0.15) is 6.29 Å². The first-order valence-corrected chi connectivity index (χ1v) is 9.95. The second kappa shape index (κ2) is 28.2. The maximum Gasteiger partial charge on any atom is 0.303 e. The van der Waals surface area contributed by atoms with Crippen molar-refractivity contribution in [3.05, 3.63) is 12.7 Å². The lowest BCUT2D eigenvalue weighted by molar-refractivity contribution is -0.138. The Labute approximate surface area is 159 Å². The van der Waals surface area contributed by atoms with Crippen molar-refractivity contribution in [3.63, 3.8) is 0 Å². The van der Waals surface area contributed by atoms with Gasteiger partial charge >= 0.3 is 11.9 Å². The van der Waals surface area contributed by atoms with E-state index in [1.807, 2.05) is 0 Å². The molecule has 0 bridgehead atoms. The number of carboxylic acids is 2. The van der Waals surface area contributed by atoms with Crippen molar-refractivity contribution in [2.24, 2.45) is 0 Å². The standard InChI is InChI=1S/2C9H18O2.C3H4O/c2*1-2-3-4-5-6-7-8-9(10)11;1-2-3-4/h2*2-8H2,1H3,(H,10,11);2-3H,1H2. The summed E-state index contributed by atoms with van der Waals surface area (Å²) in [6.07, 6.45) is 16.3. The number of unbranched alkanes of at least 4 members (excludes halogenated alkanes) is 10. The third-order valence-electron chi connectivity index (χ3n) is 3.58. The van der Waals surface area contributed by atoms with Crippen molar-refractivity contribution in [3.8, 4) is 0 Å². The van der Waals surface area contributed by atoms with E-state index < -0.39 is 11.9 Å². The molecule has 5 nitrogen and oxygen atoms in total. The van der Waals surface area contributed by atoms with Gasteiger partial charge in [0, 0.05) is 12.8 Å². The van der Waals surface area contributed by atoms with Crippen LogP contribution in [0.3, 0.4) is 0 Å². The molecule has 0 aromatic heterocycles. The molecule has 0 aromatic rings. The van der Waals surface area contributed by atoms with Crippen molar-refractivity contribution in [2.75, 3.05) is 0 Å². The number of hydrogen-bond donors (Lipinski definition) is 2. The van der Waals surface area contributed by atoms with Crippen LogP contribution in [-0.2, 0) is 14.4 Å². The molecule has 0 aliphatic carbocycles. The molecule has 0 spiro atoms. The summed E-state index contributed by atoms with van der Waals surface area (Å²) in [4.78, 5) is 29.2. The minimum atomic E-state index is -0.666. The summed E-state index contributed by atoms with van der Waals surface area (Å²) in [6.45, 7) is 7.47. The predicted molar refractivity (Wildman–Crippen MR) is 108 cm³/mol. The number of allylic oxidation sites excluding steroid dienone is 1. The van der Waals surface area contributed by atoms with E-state index >= 15 is 0 Å². The van der Waals surface area contributed by atoms with Gasteiger partial charge in [-0.1, -0.05) is 84.6 Å². The fourth-order valence-electron chi connectivity index (χ4n) is 2.11. The van der Waals surface area contributed by atoms with E-state index in [2.05, 4.69) is 20.4 Å². The second-order valence-corrected chi connectivity index (χ2v) is 6.19. The van der Waals surface area contributed by atoms with Gasteiger partial charge in [-0.3, -0.25) is 14.4 Å². The topological polar surface area (TPSA) is 91.7 Å². The number of rotatable bonds is 15. The minimum absolute atomic E-state index is 0.339. The predicted octanol–water partition coefficient (Wildman–Crippen LogP) is 6.01. The van der Waals surface area contributed by atoms with E-state index in [1.54, 1.807) is 0 Å². The van der Waals surface area contributed by atoms with Gasteiger partial charge in [-0.2, -0.15) is 0 Å². The monoisotopic (exact) mass is 372 g/mol. The molecule has 0 heterocycles. The van der Waals surface area contributed by atoms with Crippen molar-refractivity contribution >= 4 is 18.2 Å². The van der Waals surface area contributed by atoms with Gasteiger partial charge in [0.2, 0.25) is 0 Å². The highest BCUT2D eigenvalue weighted by molar-refractivity contribution is 5.66. The minimum Gasteiger partial charge on any atom is -0.481 e. The first kappa shape index (κ1) is 29.1. The van der Waals surface area contributed by atoms with Crippen LogP contribution in [0.1, 0.15) is 104 Å². The van der Waals surface area contributed by atoms with E-state index in [0.717, 1.165) is 25.7 Å². The first-order valence-electron chi connectivity index (χ1n) is 9.95. The molecule has 0 radical (unpaired) electrons. The lowest BCUT2D eigenvalue weighted by Gasteiger charge is -1.97. The van der Waals surface area contributed by atoms with Gasteiger partial charge in [0.25, 0.3) is 0 Å². The van der Waals surface area contributed by atoms with Crippen molar-refractivity contribution in [1.82, 2.24) is 0 Å². The number of aliphatic carboxylic acids is 2. The molecule has 0 amide bonds. The largest absolute Gasteiger partial charge is 0.481 e. The number of carboxylic acid groups (broad SMARTS) is 2. The van der Waals surface area contributed by atoms with E-state index in [0.29, 0.717) is 19.1 Å². The summed E-state index contributed by atoms with van der Waals surface area (Å²) < 4.78 is 0. The van der Waals surface area contributed by atoms with Crippen LogP contribution in [0.25, 0.3) is 0 Å². The molecule has 0 saturated carbocycles. The van der Waals surface area contributed by atoms with E-state index in [1.165, 1.54) is 57.4 Å². The third kappa shape index (κ3) is 43.2. The van der Waals surface area contributed by atoms with Crippen LogP contribution in [0.2, 0.25) is 0 Å². The number of carbonyl (C=O) groups excluding carboxylic acids is 1. The van der Waals surface area contributed by atoms with E-state index in [-0.39, 0.29) is 0 Å². The SMILES string of the molecule is C=CC=O.CCCCCCCCC(=O)O.CCCCCCCCC(=O)O. The Hall–Kier alpha value is -1.65. The Kier molecular flexibility index (Phi) is 31.6. The molecular formula is C21H40O5. The number of aldehydes is 1. The van der Waals surface area contributed by atoms with Gasteiger partial charge < -0.3 is 10.2 Å². The molecule has 2 N–H and O–H groups in total.